The van der Waals surface area contributed by atoms with E-state index < -0.39 is 20.0 Å². The molecule has 0 aromatic rings. The molecule has 0 aliphatic rings. The molecule has 0 bridgehead atoms. The molecule has 0 heterocycles. The van der Waals surface area contributed by atoms with Crippen molar-refractivity contribution in [2.75, 3.05) is 40.9 Å². The number of nitrogens with zero attached hydrogens (tertiary/aromatic N) is 1. The molecule has 3 atom stereocenters. The van der Waals surface area contributed by atoms with Gasteiger partial charge in [-0.15, -0.1) is 0 Å². The fraction of sp³-hybridized carbons (Fsp3) is 0.700. The highest BCUT2D eigenvalue weighted by Gasteiger charge is 2.30. The van der Waals surface area contributed by atoms with Gasteiger partial charge in [0.15, 0.2) is 0 Å². The molecule has 0 spiro atoms. The van der Waals surface area contributed by atoms with Gasteiger partial charge in [-0.1, -0.05) is 227 Å². The van der Waals surface area contributed by atoms with Crippen LogP contribution in [0, 0.1) is 0 Å². The Bertz CT molecular complexity index is 1520. The van der Waals surface area contributed by atoms with Crippen LogP contribution >= 0.6 is 7.82 Å². The van der Waals surface area contributed by atoms with Crippen LogP contribution in [0.15, 0.2) is 97.2 Å². The van der Waals surface area contributed by atoms with E-state index in [9.17, 15) is 19.0 Å². The number of esters is 1. The lowest BCUT2D eigenvalue weighted by Crippen LogP contribution is -2.47. The molecule has 0 aromatic heterocycles. The zero-order valence-electron chi connectivity index (χ0n) is 45.7. The number of unbranched alkanes of at least 4 members (excludes halogenated alkanes) is 24. The second-order valence-corrected chi connectivity index (χ2v) is 21.3. The fourth-order valence-electron chi connectivity index (χ4n) is 7.55. The first kappa shape index (κ1) is 66.9. The molecule has 0 aromatic carbocycles. The Labute approximate surface area is 430 Å². The van der Waals surface area contributed by atoms with Gasteiger partial charge in [0, 0.05) is 12.8 Å². The Kier molecular flexibility index (Phi) is 47.3. The normalized spacial score (nSPS) is 14.6. The third-order valence-electron chi connectivity index (χ3n) is 11.9. The lowest BCUT2D eigenvalue weighted by Gasteiger charge is -2.27. The molecular formula is C60H106N2O7P+. The number of nitrogens with one attached hydrogen (secondary N) is 1. The van der Waals surface area contributed by atoms with Crippen LogP contribution in [-0.2, 0) is 27.9 Å². The quantitative estimate of drug-likeness (QED) is 0.0156. The summed E-state index contributed by atoms with van der Waals surface area (Å²) in [6.45, 7) is 6.79. The Morgan fingerprint density at radius 3 is 1.44 bits per heavy atom. The largest absolute Gasteiger partial charge is 0.472 e. The number of quaternary nitrogens is 1. The molecule has 10 heteroatoms. The highest BCUT2D eigenvalue weighted by atomic mass is 31.2. The van der Waals surface area contributed by atoms with Crippen molar-refractivity contribution in [1.82, 2.24) is 5.32 Å². The number of hydrogen-bond donors (Lipinski definition) is 2. The van der Waals surface area contributed by atoms with E-state index in [2.05, 4.69) is 50.4 Å². The maximum absolute atomic E-state index is 13.5. The summed E-state index contributed by atoms with van der Waals surface area (Å²) in [6.07, 6.45) is 65.4. The van der Waals surface area contributed by atoms with Crippen molar-refractivity contribution < 1.29 is 37.3 Å². The van der Waals surface area contributed by atoms with Gasteiger partial charge in [0.1, 0.15) is 19.3 Å². The molecule has 2 N–H and O–H groups in total. The summed E-state index contributed by atoms with van der Waals surface area (Å²) in [5, 5.41) is 3.02. The van der Waals surface area contributed by atoms with Crippen LogP contribution in [0.2, 0.25) is 0 Å². The van der Waals surface area contributed by atoms with E-state index in [1.54, 1.807) is 0 Å². The summed E-state index contributed by atoms with van der Waals surface area (Å²) in [4.78, 5) is 37.5. The summed E-state index contributed by atoms with van der Waals surface area (Å²) in [7, 11) is 1.45. The van der Waals surface area contributed by atoms with Gasteiger partial charge in [0.2, 0.25) is 5.91 Å². The Morgan fingerprint density at radius 2 is 0.929 bits per heavy atom. The number of hydrogen-bond acceptors (Lipinski definition) is 6. The highest BCUT2D eigenvalue weighted by Crippen LogP contribution is 2.43. The van der Waals surface area contributed by atoms with Crippen molar-refractivity contribution in [3.05, 3.63) is 97.2 Å². The molecule has 0 saturated carbocycles. The molecule has 402 valence electrons. The molecule has 0 rings (SSSR count). The molecule has 0 aliphatic heterocycles. The number of carbonyl (C=O) groups is 2. The van der Waals surface area contributed by atoms with Crippen LogP contribution in [0.1, 0.15) is 220 Å². The van der Waals surface area contributed by atoms with Gasteiger partial charge in [0.25, 0.3) is 0 Å². The standard InChI is InChI=1S/C60H105N2O7P/c1-7-10-13-16-19-22-25-28-30-31-33-34-37-40-43-46-49-52-59(63)61-57(56-68-70(65,66)67-55-54-62(4,5)6)58(51-48-45-42-39-36-27-24-21-18-15-12-9-3)69-60(64)53-50-47-44-41-38-35-32-29-26-23-20-17-14-11-8-2/h10,13,16,19,22-23,25-26,28,30-31,33-34,37,48,51,57-58H,7-9,11-12,14-15,17-18,20-21,24,27,29,32,35-36,38-47,49-50,52-56H2,1-6H3,(H-,61,63,65,66)/p+1/b13-10-,19-16+,25-22+,26-23-,30-28-,33-31+,37-34+,51-48+. The average molecular weight is 998 g/mol. The Hall–Kier alpha value is -3.07. The first-order valence-corrected chi connectivity index (χ1v) is 29.6. The van der Waals surface area contributed by atoms with E-state index in [1.165, 1.54) is 103 Å². The minimum atomic E-state index is -4.46. The topological polar surface area (TPSA) is 111 Å². The minimum Gasteiger partial charge on any atom is -0.456 e. The van der Waals surface area contributed by atoms with E-state index in [0.717, 1.165) is 77.0 Å². The van der Waals surface area contributed by atoms with Crippen molar-refractivity contribution in [1.29, 1.82) is 0 Å². The van der Waals surface area contributed by atoms with Crippen LogP contribution in [-0.4, -0.2) is 74.3 Å². The number of phosphoric ester groups is 1. The van der Waals surface area contributed by atoms with Crippen LogP contribution in [0.5, 0.6) is 0 Å². The zero-order chi connectivity index (χ0) is 51.5. The number of phosphoric acid groups is 1. The van der Waals surface area contributed by atoms with Crippen molar-refractivity contribution in [3.63, 3.8) is 0 Å². The number of ether oxygens (including phenoxy) is 1. The van der Waals surface area contributed by atoms with Crippen LogP contribution in [0.25, 0.3) is 0 Å². The molecule has 9 nitrogen and oxygen atoms in total. The average Bonchev–Trinajstić information content (AvgIpc) is 3.32. The van der Waals surface area contributed by atoms with E-state index in [1.807, 2.05) is 94.1 Å². The molecule has 70 heavy (non-hydrogen) atoms. The predicted octanol–water partition coefficient (Wildman–Crippen LogP) is 16.8. The number of rotatable bonds is 49. The first-order chi connectivity index (χ1) is 33.9. The van der Waals surface area contributed by atoms with E-state index in [0.29, 0.717) is 17.4 Å². The van der Waals surface area contributed by atoms with Crippen molar-refractivity contribution in [3.8, 4) is 0 Å². The van der Waals surface area contributed by atoms with Crippen LogP contribution in [0.4, 0.5) is 0 Å². The number of amides is 1. The predicted molar refractivity (Wildman–Crippen MR) is 300 cm³/mol. The maximum Gasteiger partial charge on any atom is 0.472 e. The van der Waals surface area contributed by atoms with Crippen LogP contribution in [0.3, 0.4) is 0 Å². The Balaban J connectivity index is 5.48. The molecule has 0 fully saturated rings. The van der Waals surface area contributed by atoms with E-state index >= 15 is 0 Å². The lowest BCUT2D eigenvalue weighted by molar-refractivity contribution is -0.870. The number of carbonyl (C=O) groups excluding carboxylic acids is 2. The zero-order valence-corrected chi connectivity index (χ0v) is 46.6. The minimum absolute atomic E-state index is 0.0256. The van der Waals surface area contributed by atoms with E-state index in [4.69, 9.17) is 13.8 Å². The molecule has 1 amide bonds. The van der Waals surface area contributed by atoms with E-state index in [-0.39, 0.29) is 37.9 Å². The number of likely N-dealkylation sites (N-methyl/N-ethyl adjacent to an activating group) is 1. The smallest absolute Gasteiger partial charge is 0.456 e. The molecule has 0 aliphatic carbocycles. The first-order valence-electron chi connectivity index (χ1n) is 28.1. The molecular weight excluding hydrogens is 892 g/mol. The summed E-state index contributed by atoms with van der Waals surface area (Å²) >= 11 is 0. The Morgan fingerprint density at radius 1 is 0.514 bits per heavy atom. The van der Waals surface area contributed by atoms with Gasteiger partial charge in [-0.2, -0.15) is 0 Å². The lowest BCUT2D eigenvalue weighted by atomic mass is 10.0. The summed E-state index contributed by atoms with van der Waals surface area (Å²) in [6, 6.07) is -0.877. The SMILES string of the molecule is CC\C=C/C=C/C=C/C=C\C=C\C=C\CCCCCC(=O)NC(COP(=O)(O)OCC[N+](C)(C)C)C(/C=C/CCCCCCCCCCCC)OC(=O)CCCCCCCCC/C=C\CCCCCC. The van der Waals surface area contributed by atoms with Crippen molar-refractivity contribution in [2.24, 2.45) is 0 Å². The van der Waals surface area contributed by atoms with Gasteiger partial charge >= 0.3 is 13.8 Å². The van der Waals surface area contributed by atoms with Crippen molar-refractivity contribution >= 4 is 19.7 Å². The van der Waals surface area contributed by atoms with Gasteiger partial charge in [-0.25, -0.2) is 4.57 Å². The number of allylic oxidation sites excluding steroid dienone is 15. The van der Waals surface area contributed by atoms with Gasteiger partial charge in [-0.3, -0.25) is 18.6 Å². The maximum atomic E-state index is 13.5. The van der Waals surface area contributed by atoms with Crippen LogP contribution < -0.4 is 5.32 Å². The van der Waals surface area contributed by atoms with Gasteiger partial charge in [-0.05, 0) is 76.7 Å². The second kappa shape index (κ2) is 49.5. The summed E-state index contributed by atoms with van der Waals surface area (Å²) in [5.41, 5.74) is 0. The summed E-state index contributed by atoms with van der Waals surface area (Å²) < 4.78 is 30.6. The van der Waals surface area contributed by atoms with Gasteiger partial charge < -0.3 is 19.4 Å². The van der Waals surface area contributed by atoms with Gasteiger partial charge in [0.05, 0.1) is 33.8 Å². The summed E-state index contributed by atoms with van der Waals surface area (Å²) in [5.74, 6) is -0.568. The third kappa shape index (κ3) is 49.9. The molecule has 3 unspecified atom stereocenters. The monoisotopic (exact) mass is 998 g/mol. The molecule has 0 saturated heterocycles. The third-order valence-corrected chi connectivity index (χ3v) is 12.9. The second-order valence-electron chi connectivity index (χ2n) is 19.9. The highest BCUT2D eigenvalue weighted by molar-refractivity contribution is 7.47. The van der Waals surface area contributed by atoms with Crippen molar-refractivity contribution in [2.45, 2.75) is 232 Å². The fourth-order valence-corrected chi connectivity index (χ4v) is 8.29. The molecule has 0 radical (unpaired) electrons.